The number of thiocarbonyl (C=S) groups is 1. The first-order valence-corrected chi connectivity index (χ1v) is 5.54. The summed E-state index contributed by atoms with van der Waals surface area (Å²) < 4.78 is 0. The van der Waals surface area contributed by atoms with Gasteiger partial charge in [0.05, 0.1) is 12.1 Å². The van der Waals surface area contributed by atoms with Gasteiger partial charge in [0.2, 0.25) is 0 Å². The quantitative estimate of drug-likeness (QED) is 0.781. The van der Waals surface area contributed by atoms with Gasteiger partial charge in [-0.3, -0.25) is 0 Å². The largest absolute Gasteiger partial charge is 0.394 e. The van der Waals surface area contributed by atoms with E-state index in [1.165, 1.54) is 0 Å². The summed E-state index contributed by atoms with van der Waals surface area (Å²) in [7, 11) is 1.95. The molecular weight excluding hydrogens is 220 g/mol. The first-order chi connectivity index (χ1) is 7.38. The summed E-state index contributed by atoms with van der Waals surface area (Å²) >= 11 is 4.89. The molecule has 0 spiro atoms. The van der Waals surface area contributed by atoms with Gasteiger partial charge in [-0.05, 0) is 38.1 Å². The summed E-state index contributed by atoms with van der Waals surface area (Å²) in [6.07, 6.45) is 0. The van der Waals surface area contributed by atoms with Crippen LogP contribution in [0.2, 0.25) is 0 Å². The van der Waals surface area contributed by atoms with Crippen LogP contribution in [0, 0.1) is 0 Å². The van der Waals surface area contributed by atoms with E-state index >= 15 is 0 Å². The zero-order valence-electron chi connectivity index (χ0n) is 9.90. The second-order valence-corrected chi connectivity index (χ2v) is 4.88. The Kier molecular flexibility index (Phi) is 3.88. The molecule has 0 aliphatic rings. The van der Waals surface area contributed by atoms with Crippen molar-refractivity contribution in [3.63, 3.8) is 0 Å². The van der Waals surface area contributed by atoms with Crippen molar-refractivity contribution in [3.8, 4) is 0 Å². The molecule has 0 atom stereocenters. The molecule has 0 aliphatic heterocycles. The first-order valence-electron chi connectivity index (χ1n) is 5.13. The van der Waals surface area contributed by atoms with Crippen molar-refractivity contribution >= 4 is 22.9 Å². The number of likely N-dealkylation sites (N-methyl/N-ethyl adjacent to an activating group) is 1. The molecule has 1 aromatic carbocycles. The van der Waals surface area contributed by atoms with E-state index in [1.54, 1.807) is 0 Å². The minimum Gasteiger partial charge on any atom is -0.394 e. The number of rotatable bonds is 4. The van der Waals surface area contributed by atoms with Crippen LogP contribution >= 0.6 is 12.2 Å². The number of aliphatic hydroxyl groups is 1. The molecule has 0 bridgehead atoms. The lowest BCUT2D eigenvalue weighted by atomic mass is 10.0. The molecule has 0 radical (unpaired) electrons. The van der Waals surface area contributed by atoms with Gasteiger partial charge in [-0.25, -0.2) is 0 Å². The Balaban J connectivity index is 2.94. The normalized spacial score (nSPS) is 11.2. The minimum atomic E-state index is -0.287. The van der Waals surface area contributed by atoms with Crippen molar-refractivity contribution in [3.05, 3.63) is 29.8 Å². The lowest BCUT2D eigenvalue weighted by Crippen LogP contribution is -2.44. The molecule has 16 heavy (non-hydrogen) atoms. The maximum atomic E-state index is 9.29. The molecule has 1 aromatic rings. The van der Waals surface area contributed by atoms with Crippen molar-refractivity contribution in [1.29, 1.82) is 0 Å². The topological polar surface area (TPSA) is 49.5 Å². The smallest absolute Gasteiger partial charge is 0.103 e. The van der Waals surface area contributed by atoms with Gasteiger partial charge in [-0.2, -0.15) is 0 Å². The van der Waals surface area contributed by atoms with Crippen LogP contribution in [0.3, 0.4) is 0 Å². The lowest BCUT2D eigenvalue weighted by molar-refractivity contribution is 0.216. The number of hydrogen-bond donors (Lipinski definition) is 2. The number of anilines is 1. The van der Waals surface area contributed by atoms with E-state index in [9.17, 15) is 5.11 Å². The van der Waals surface area contributed by atoms with E-state index in [-0.39, 0.29) is 12.1 Å². The third-order valence-corrected chi connectivity index (χ3v) is 3.07. The molecule has 4 heteroatoms. The van der Waals surface area contributed by atoms with Crippen molar-refractivity contribution in [2.24, 2.45) is 5.73 Å². The summed E-state index contributed by atoms with van der Waals surface area (Å²) in [5, 5.41) is 9.29. The van der Waals surface area contributed by atoms with E-state index in [1.807, 2.05) is 50.1 Å². The number of hydrogen-bond acceptors (Lipinski definition) is 3. The molecule has 88 valence electrons. The molecule has 0 saturated heterocycles. The highest BCUT2D eigenvalue weighted by Gasteiger charge is 2.22. The maximum Gasteiger partial charge on any atom is 0.103 e. The molecule has 0 aliphatic carbocycles. The van der Waals surface area contributed by atoms with Crippen LogP contribution in [0.25, 0.3) is 0 Å². The van der Waals surface area contributed by atoms with Gasteiger partial charge in [0.15, 0.2) is 0 Å². The van der Waals surface area contributed by atoms with Gasteiger partial charge in [0.1, 0.15) is 4.99 Å². The predicted octanol–water partition coefficient (Wildman–Crippen LogP) is 1.53. The third kappa shape index (κ3) is 2.71. The summed E-state index contributed by atoms with van der Waals surface area (Å²) in [5.41, 5.74) is 7.13. The van der Waals surface area contributed by atoms with Crippen molar-refractivity contribution in [2.45, 2.75) is 19.4 Å². The molecule has 1 rings (SSSR count). The number of nitrogens with two attached hydrogens (primary N) is 1. The molecule has 0 aromatic heterocycles. The Labute approximate surface area is 102 Å². The first kappa shape index (κ1) is 12.9. The van der Waals surface area contributed by atoms with E-state index in [4.69, 9.17) is 18.0 Å². The van der Waals surface area contributed by atoms with Crippen molar-refractivity contribution in [2.75, 3.05) is 18.6 Å². The number of benzene rings is 1. The van der Waals surface area contributed by atoms with Crippen LogP contribution < -0.4 is 10.6 Å². The molecule has 0 unspecified atom stereocenters. The highest BCUT2D eigenvalue weighted by Crippen LogP contribution is 2.22. The van der Waals surface area contributed by atoms with E-state index in [2.05, 4.69) is 0 Å². The number of nitrogens with zero attached hydrogens (tertiary/aromatic N) is 1. The molecule has 0 fully saturated rings. The Bertz CT molecular complexity index is 373. The molecule has 0 heterocycles. The fourth-order valence-electron chi connectivity index (χ4n) is 1.30. The van der Waals surface area contributed by atoms with Crippen LogP contribution in [0.5, 0.6) is 0 Å². The fourth-order valence-corrected chi connectivity index (χ4v) is 1.44. The predicted molar refractivity (Wildman–Crippen MR) is 71.9 cm³/mol. The van der Waals surface area contributed by atoms with Crippen LogP contribution in [-0.2, 0) is 0 Å². The monoisotopic (exact) mass is 238 g/mol. The van der Waals surface area contributed by atoms with Crippen LogP contribution in [0.15, 0.2) is 24.3 Å². The van der Waals surface area contributed by atoms with Gasteiger partial charge in [-0.1, -0.05) is 12.2 Å². The zero-order chi connectivity index (χ0) is 12.3. The summed E-state index contributed by atoms with van der Waals surface area (Å²) in [6.45, 7) is 4.06. The van der Waals surface area contributed by atoms with Gasteiger partial charge < -0.3 is 15.7 Å². The molecule has 0 saturated carbocycles. The van der Waals surface area contributed by atoms with Crippen LogP contribution in [0.4, 0.5) is 5.69 Å². The molecule has 3 nitrogen and oxygen atoms in total. The van der Waals surface area contributed by atoms with Gasteiger partial charge in [0, 0.05) is 18.3 Å². The standard InChI is InChI=1S/C12H18N2OS/c1-12(2,8-15)14(3)10-6-4-9(5-7-10)11(13)16/h4-7,15H,8H2,1-3H3,(H2,13,16). The number of aliphatic hydroxyl groups excluding tert-OH is 1. The highest BCUT2D eigenvalue weighted by molar-refractivity contribution is 7.80. The van der Waals surface area contributed by atoms with Gasteiger partial charge >= 0.3 is 0 Å². The fraction of sp³-hybridized carbons (Fsp3) is 0.417. The van der Waals surface area contributed by atoms with Crippen LogP contribution in [-0.4, -0.2) is 29.3 Å². The molecule has 3 N–H and O–H groups in total. The van der Waals surface area contributed by atoms with E-state index in [0.29, 0.717) is 4.99 Å². The van der Waals surface area contributed by atoms with Crippen LogP contribution in [0.1, 0.15) is 19.4 Å². The average molecular weight is 238 g/mol. The van der Waals surface area contributed by atoms with E-state index < -0.39 is 0 Å². The van der Waals surface area contributed by atoms with Gasteiger partial charge in [-0.15, -0.1) is 0 Å². The highest BCUT2D eigenvalue weighted by atomic mass is 32.1. The Morgan fingerprint density at radius 2 is 1.88 bits per heavy atom. The maximum absolute atomic E-state index is 9.29. The molecular formula is C12H18N2OS. The summed E-state index contributed by atoms with van der Waals surface area (Å²) in [4.78, 5) is 2.42. The zero-order valence-corrected chi connectivity index (χ0v) is 10.7. The summed E-state index contributed by atoms with van der Waals surface area (Å²) in [5.74, 6) is 0. The Morgan fingerprint density at radius 1 is 1.38 bits per heavy atom. The summed E-state index contributed by atoms with van der Waals surface area (Å²) in [6, 6.07) is 7.68. The lowest BCUT2D eigenvalue weighted by Gasteiger charge is -2.35. The average Bonchev–Trinajstić information content (AvgIpc) is 2.28. The molecule has 0 amide bonds. The Morgan fingerprint density at radius 3 is 2.25 bits per heavy atom. The van der Waals surface area contributed by atoms with Gasteiger partial charge in [0.25, 0.3) is 0 Å². The SMILES string of the molecule is CN(c1ccc(C(N)=S)cc1)C(C)(C)CO. The minimum absolute atomic E-state index is 0.0978. The van der Waals surface area contributed by atoms with Crippen molar-refractivity contribution < 1.29 is 5.11 Å². The second kappa shape index (κ2) is 4.80. The van der Waals surface area contributed by atoms with E-state index in [0.717, 1.165) is 11.3 Å². The second-order valence-electron chi connectivity index (χ2n) is 4.44. The van der Waals surface area contributed by atoms with Crippen molar-refractivity contribution in [1.82, 2.24) is 0 Å². The Hall–Kier alpha value is -1.13. The third-order valence-electron chi connectivity index (χ3n) is 2.83.